The molecule has 29 heavy (non-hydrogen) atoms. The summed E-state index contributed by atoms with van der Waals surface area (Å²) in [6.07, 6.45) is 12.5. The predicted octanol–water partition coefficient (Wildman–Crippen LogP) is 6.24. The molecule has 0 unspecified atom stereocenters. The van der Waals surface area contributed by atoms with Gasteiger partial charge >= 0.3 is 0 Å². The Hall–Kier alpha value is -2.07. The molecule has 154 valence electrons. The molecule has 0 spiro atoms. The Morgan fingerprint density at radius 3 is 2.31 bits per heavy atom. The van der Waals surface area contributed by atoms with Crippen LogP contribution in [0.3, 0.4) is 0 Å². The van der Waals surface area contributed by atoms with Gasteiger partial charge in [0.05, 0.1) is 6.10 Å². The summed E-state index contributed by atoms with van der Waals surface area (Å²) in [7, 11) is 0. The Bertz CT molecular complexity index is 778. The molecule has 2 aliphatic carbocycles. The number of thiocarbonyl (C=S) groups is 1. The third-order valence-electron chi connectivity index (χ3n) is 6.39. The topological polar surface area (TPSA) is 33.3 Å². The van der Waals surface area contributed by atoms with Crippen LogP contribution in [0.15, 0.2) is 54.6 Å². The average molecular weight is 409 g/mol. The molecular formula is C25H32N2OS. The predicted molar refractivity (Wildman–Crippen MR) is 125 cm³/mol. The van der Waals surface area contributed by atoms with Crippen molar-refractivity contribution in [3.63, 3.8) is 0 Å². The fourth-order valence-electron chi connectivity index (χ4n) is 4.74. The van der Waals surface area contributed by atoms with Crippen LogP contribution >= 0.6 is 12.2 Å². The largest absolute Gasteiger partial charge is 0.490 e. The van der Waals surface area contributed by atoms with Gasteiger partial charge in [-0.25, -0.2) is 0 Å². The first kappa shape index (κ1) is 20.2. The number of anilines is 1. The summed E-state index contributed by atoms with van der Waals surface area (Å²) in [6, 6.07) is 19.0. The van der Waals surface area contributed by atoms with Crippen molar-refractivity contribution in [2.75, 3.05) is 5.32 Å². The SMILES string of the molecule is S=C(Nc1ccc(OC2CCCC2)cc1)NC1(CCc2ccccc2)CCCC1. The van der Waals surface area contributed by atoms with E-state index in [1.165, 1.54) is 56.9 Å². The van der Waals surface area contributed by atoms with Crippen molar-refractivity contribution in [2.24, 2.45) is 0 Å². The highest BCUT2D eigenvalue weighted by atomic mass is 32.1. The molecule has 2 aromatic rings. The Morgan fingerprint density at radius 1 is 0.931 bits per heavy atom. The minimum atomic E-state index is 0.117. The van der Waals surface area contributed by atoms with Crippen LogP contribution in [-0.4, -0.2) is 16.8 Å². The lowest BCUT2D eigenvalue weighted by atomic mass is 9.89. The lowest BCUT2D eigenvalue weighted by Crippen LogP contribution is -2.48. The second-order valence-electron chi connectivity index (χ2n) is 8.60. The minimum Gasteiger partial charge on any atom is -0.490 e. The van der Waals surface area contributed by atoms with E-state index < -0.39 is 0 Å². The van der Waals surface area contributed by atoms with Crippen LogP contribution in [0.1, 0.15) is 63.4 Å². The molecule has 0 bridgehead atoms. The number of rotatable bonds is 7. The zero-order chi connectivity index (χ0) is 19.9. The Kier molecular flexibility index (Phi) is 6.70. The van der Waals surface area contributed by atoms with E-state index in [4.69, 9.17) is 17.0 Å². The molecule has 0 amide bonds. The maximum Gasteiger partial charge on any atom is 0.171 e. The number of hydrogen-bond donors (Lipinski definition) is 2. The van der Waals surface area contributed by atoms with Crippen LogP contribution in [0.4, 0.5) is 5.69 Å². The molecule has 2 saturated carbocycles. The molecule has 4 rings (SSSR count). The maximum absolute atomic E-state index is 6.06. The molecule has 0 aromatic heterocycles. The van der Waals surface area contributed by atoms with Gasteiger partial charge in [-0.3, -0.25) is 0 Å². The van der Waals surface area contributed by atoms with Gasteiger partial charge in [-0.2, -0.15) is 0 Å². The van der Waals surface area contributed by atoms with E-state index in [0.29, 0.717) is 6.10 Å². The molecule has 2 N–H and O–H groups in total. The zero-order valence-corrected chi connectivity index (χ0v) is 18.0. The summed E-state index contributed by atoms with van der Waals surface area (Å²) in [4.78, 5) is 0. The van der Waals surface area contributed by atoms with Gasteiger partial charge in [-0.05, 0) is 93.4 Å². The Balaban J connectivity index is 1.31. The van der Waals surface area contributed by atoms with E-state index in [1.54, 1.807) is 0 Å². The van der Waals surface area contributed by atoms with E-state index in [0.717, 1.165) is 29.4 Å². The van der Waals surface area contributed by atoms with Crippen molar-refractivity contribution in [1.82, 2.24) is 5.32 Å². The van der Waals surface area contributed by atoms with Crippen LogP contribution in [0.25, 0.3) is 0 Å². The summed E-state index contributed by atoms with van der Waals surface area (Å²) < 4.78 is 6.06. The summed E-state index contributed by atoms with van der Waals surface area (Å²) >= 11 is 5.67. The van der Waals surface area contributed by atoms with Crippen molar-refractivity contribution in [3.05, 3.63) is 60.2 Å². The van der Waals surface area contributed by atoms with Gasteiger partial charge in [0, 0.05) is 11.2 Å². The third kappa shape index (κ3) is 5.72. The number of hydrogen-bond acceptors (Lipinski definition) is 2. The van der Waals surface area contributed by atoms with Crippen LogP contribution in [0, 0.1) is 0 Å². The fraction of sp³-hybridized carbons (Fsp3) is 0.480. The standard InChI is InChI=1S/C25H32N2OS/c29-24(26-21-12-14-23(15-13-21)28-22-10-4-5-11-22)27-25(17-6-7-18-25)19-16-20-8-2-1-3-9-20/h1-3,8-9,12-15,22H,4-7,10-11,16-19H2,(H2,26,27,29). The van der Waals surface area contributed by atoms with Crippen molar-refractivity contribution >= 4 is 23.0 Å². The molecule has 0 saturated heterocycles. The Morgan fingerprint density at radius 2 is 1.62 bits per heavy atom. The first-order valence-corrected chi connectivity index (χ1v) is 11.5. The van der Waals surface area contributed by atoms with Gasteiger partial charge in [0.2, 0.25) is 0 Å². The Labute approximate surface area is 180 Å². The van der Waals surface area contributed by atoms with E-state index >= 15 is 0 Å². The van der Waals surface area contributed by atoms with Crippen molar-refractivity contribution in [3.8, 4) is 5.75 Å². The van der Waals surface area contributed by atoms with Crippen LogP contribution < -0.4 is 15.4 Å². The van der Waals surface area contributed by atoms with E-state index in [1.807, 2.05) is 12.1 Å². The molecule has 0 atom stereocenters. The van der Waals surface area contributed by atoms with E-state index in [-0.39, 0.29) is 5.54 Å². The van der Waals surface area contributed by atoms with Gasteiger partial charge in [0.25, 0.3) is 0 Å². The molecule has 4 heteroatoms. The van der Waals surface area contributed by atoms with Crippen LogP contribution in [0.2, 0.25) is 0 Å². The van der Waals surface area contributed by atoms with E-state index in [9.17, 15) is 0 Å². The fourth-order valence-corrected chi connectivity index (χ4v) is 5.07. The highest BCUT2D eigenvalue weighted by molar-refractivity contribution is 7.80. The van der Waals surface area contributed by atoms with Gasteiger partial charge in [-0.1, -0.05) is 43.2 Å². The third-order valence-corrected chi connectivity index (χ3v) is 6.60. The second-order valence-corrected chi connectivity index (χ2v) is 9.01. The molecule has 3 nitrogen and oxygen atoms in total. The highest BCUT2D eigenvalue weighted by Crippen LogP contribution is 2.34. The van der Waals surface area contributed by atoms with Gasteiger partial charge < -0.3 is 15.4 Å². The second kappa shape index (κ2) is 9.62. The van der Waals surface area contributed by atoms with Crippen molar-refractivity contribution in [1.29, 1.82) is 0 Å². The number of aryl methyl sites for hydroxylation is 1. The van der Waals surface area contributed by atoms with Gasteiger partial charge in [-0.15, -0.1) is 0 Å². The first-order chi connectivity index (χ1) is 14.2. The molecular weight excluding hydrogens is 376 g/mol. The average Bonchev–Trinajstić information content (AvgIpc) is 3.41. The molecule has 2 fully saturated rings. The number of nitrogens with one attached hydrogen (secondary N) is 2. The highest BCUT2D eigenvalue weighted by Gasteiger charge is 2.34. The smallest absolute Gasteiger partial charge is 0.171 e. The molecule has 2 aromatic carbocycles. The van der Waals surface area contributed by atoms with Gasteiger partial charge in [0.1, 0.15) is 5.75 Å². The number of ether oxygens (including phenoxy) is 1. The zero-order valence-electron chi connectivity index (χ0n) is 17.2. The monoisotopic (exact) mass is 408 g/mol. The van der Waals surface area contributed by atoms with Crippen LogP contribution in [-0.2, 0) is 6.42 Å². The van der Waals surface area contributed by atoms with Crippen LogP contribution in [0.5, 0.6) is 5.75 Å². The summed E-state index contributed by atoms with van der Waals surface area (Å²) in [5, 5.41) is 7.78. The molecule has 0 radical (unpaired) electrons. The first-order valence-electron chi connectivity index (χ1n) is 11.1. The lowest BCUT2D eigenvalue weighted by molar-refractivity contribution is 0.210. The van der Waals surface area contributed by atoms with Gasteiger partial charge in [0.15, 0.2) is 5.11 Å². The summed E-state index contributed by atoms with van der Waals surface area (Å²) in [5.74, 6) is 0.955. The summed E-state index contributed by atoms with van der Waals surface area (Å²) in [6.45, 7) is 0. The minimum absolute atomic E-state index is 0.117. The number of benzene rings is 2. The van der Waals surface area contributed by atoms with E-state index in [2.05, 4.69) is 53.1 Å². The van der Waals surface area contributed by atoms with Crippen molar-refractivity contribution < 1.29 is 4.74 Å². The molecule has 0 heterocycles. The molecule has 2 aliphatic rings. The maximum atomic E-state index is 6.06. The summed E-state index contributed by atoms with van der Waals surface area (Å²) in [5.41, 5.74) is 2.53. The lowest BCUT2D eigenvalue weighted by Gasteiger charge is -2.32. The normalized spacial score (nSPS) is 18.5. The van der Waals surface area contributed by atoms with Crippen molar-refractivity contribution in [2.45, 2.75) is 75.9 Å². The quantitative estimate of drug-likeness (QED) is 0.531. The molecule has 0 aliphatic heterocycles.